The first kappa shape index (κ1) is 20.3. The quantitative estimate of drug-likeness (QED) is 0.591. The van der Waals surface area contributed by atoms with Gasteiger partial charge in [-0.2, -0.15) is 0 Å². The molecule has 0 spiro atoms. The van der Waals surface area contributed by atoms with Gasteiger partial charge in [-0.25, -0.2) is 13.1 Å². The van der Waals surface area contributed by atoms with Crippen LogP contribution in [0.25, 0.3) is 0 Å². The summed E-state index contributed by atoms with van der Waals surface area (Å²) >= 11 is 0. The number of nitrogens with zero attached hydrogens (tertiary/aromatic N) is 1. The topological polar surface area (TPSA) is 49.4 Å². The smallest absolute Gasteiger partial charge is 0.240 e. The molecule has 0 fully saturated rings. The molecule has 3 aromatic rings. The first-order chi connectivity index (χ1) is 13.6. The lowest BCUT2D eigenvalue weighted by Crippen LogP contribution is -2.37. The van der Waals surface area contributed by atoms with Crippen molar-refractivity contribution in [1.29, 1.82) is 0 Å². The van der Waals surface area contributed by atoms with Crippen molar-refractivity contribution in [2.75, 3.05) is 13.1 Å². The van der Waals surface area contributed by atoms with Crippen molar-refractivity contribution >= 4 is 10.0 Å². The summed E-state index contributed by atoms with van der Waals surface area (Å²) in [5.74, 6) is 0. The molecule has 0 radical (unpaired) electrons. The Morgan fingerprint density at radius 2 is 1.36 bits per heavy atom. The van der Waals surface area contributed by atoms with Crippen LogP contribution in [-0.2, 0) is 16.6 Å². The van der Waals surface area contributed by atoms with Crippen molar-refractivity contribution in [1.82, 2.24) is 9.62 Å². The Hall–Kier alpha value is -2.47. The van der Waals surface area contributed by atoms with E-state index < -0.39 is 10.0 Å². The summed E-state index contributed by atoms with van der Waals surface area (Å²) in [7, 11) is -3.55. The van der Waals surface area contributed by atoms with Crippen LogP contribution in [-0.4, -0.2) is 26.4 Å². The Bertz CT molecular complexity index is 946. The maximum Gasteiger partial charge on any atom is 0.240 e. The van der Waals surface area contributed by atoms with E-state index in [-0.39, 0.29) is 10.9 Å². The number of benzene rings is 3. The predicted octanol–water partition coefficient (Wildman–Crippen LogP) is 4.23. The molecule has 1 atom stereocenters. The minimum absolute atomic E-state index is 0.0649. The summed E-state index contributed by atoms with van der Waals surface area (Å²) < 4.78 is 28.2. The average molecular weight is 395 g/mol. The third kappa shape index (κ3) is 5.29. The van der Waals surface area contributed by atoms with E-state index in [1.807, 2.05) is 42.5 Å². The van der Waals surface area contributed by atoms with Gasteiger partial charge in [-0.05, 0) is 29.8 Å². The van der Waals surface area contributed by atoms with Gasteiger partial charge in [-0.1, -0.05) is 85.8 Å². The van der Waals surface area contributed by atoms with Crippen LogP contribution < -0.4 is 4.72 Å². The Morgan fingerprint density at radius 3 is 1.93 bits per heavy atom. The van der Waals surface area contributed by atoms with Gasteiger partial charge in [0.25, 0.3) is 0 Å². The minimum atomic E-state index is -3.55. The lowest BCUT2D eigenvalue weighted by molar-refractivity contribution is 0.199. The second-order valence-corrected chi connectivity index (χ2v) is 8.41. The molecule has 4 nitrogen and oxygen atoms in total. The minimum Gasteiger partial charge on any atom is -0.291 e. The van der Waals surface area contributed by atoms with Gasteiger partial charge in [0.1, 0.15) is 0 Å². The van der Waals surface area contributed by atoms with Crippen LogP contribution in [0.2, 0.25) is 0 Å². The number of hydrogen-bond acceptors (Lipinski definition) is 3. The van der Waals surface area contributed by atoms with Gasteiger partial charge in [-0.3, -0.25) is 4.90 Å². The van der Waals surface area contributed by atoms with Crippen molar-refractivity contribution < 1.29 is 8.42 Å². The largest absolute Gasteiger partial charge is 0.291 e. The molecule has 0 saturated heterocycles. The van der Waals surface area contributed by atoms with Crippen LogP contribution in [0.3, 0.4) is 0 Å². The van der Waals surface area contributed by atoms with Gasteiger partial charge in [0.2, 0.25) is 10.0 Å². The molecule has 0 saturated carbocycles. The van der Waals surface area contributed by atoms with Crippen LogP contribution in [0.5, 0.6) is 0 Å². The zero-order valence-electron chi connectivity index (χ0n) is 16.0. The van der Waals surface area contributed by atoms with E-state index >= 15 is 0 Å². The standard InChI is InChI=1S/C23H26N2O2S/c1-2-25(19-20-12-6-3-7-13-20)23(21-14-8-4-9-15-21)18-24-28(26,27)22-16-10-5-11-17-22/h3-17,23-24H,2,18-19H2,1H3/t23-/m1/s1. The Balaban J connectivity index is 1.83. The van der Waals surface area contributed by atoms with Crippen molar-refractivity contribution in [3.8, 4) is 0 Å². The highest BCUT2D eigenvalue weighted by molar-refractivity contribution is 7.89. The fourth-order valence-corrected chi connectivity index (χ4v) is 4.32. The SMILES string of the molecule is CCN(Cc1ccccc1)[C@H](CNS(=O)(=O)c1ccccc1)c1ccccc1. The Labute approximate surface area is 167 Å². The summed E-state index contributed by atoms with van der Waals surface area (Å²) in [6, 6.07) is 28.7. The molecule has 28 heavy (non-hydrogen) atoms. The van der Waals surface area contributed by atoms with E-state index in [1.165, 1.54) is 5.56 Å². The van der Waals surface area contributed by atoms with Crippen LogP contribution in [0, 0.1) is 0 Å². The molecule has 0 aliphatic rings. The van der Waals surface area contributed by atoms with Gasteiger partial charge in [0, 0.05) is 19.1 Å². The second-order valence-electron chi connectivity index (χ2n) is 6.64. The number of nitrogens with one attached hydrogen (secondary N) is 1. The second kappa shape index (κ2) is 9.64. The fraction of sp³-hybridized carbons (Fsp3) is 0.217. The van der Waals surface area contributed by atoms with Crippen molar-refractivity contribution in [2.45, 2.75) is 24.4 Å². The molecule has 0 aromatic heterocycles. The van der Waals surface area contributed by atoms with Crippen LogP contribution in [0.1, 0.15) is 24.1 Å². The van der Waals surface area contributed by atoms with Crippen LogP contribution in [0.4, 0.5) is 0 Å². The summed E-state index contributed by atoms with van der Waals surface area (Å²) in [5.41, 5.74) is 2.30. The van der Waals surface area contributed by atoms with Gasteiger partial charge in [0.05, 0.1) is 4.90 Å². The lowest BCUT2D eigenvalue weighted by Gasteiger charge is -2.31. The predicted molar refractivity (Wildman–Crippen MR) is 113 cm³/mol. The molecule has 0 bridgehead atoms. The van der Waals surface area contributed by atoms with E-state index in [2.05, 4.69) is 40.8 Å². The molecular weight excluding hydrogens is 368 g/mol. The Kier molecular flexibility index (Phi) is 6.98. The maximum atomic E-state index is 12.7. The lowest BCUT2D eigenvalue weighted by atomic mass is 10.0. The first-order valence-corrected chi connectivity index (χ1v) is 11.0. The molecule has 146 valence electrons. The molecule has 1 N–H and O–H groups in total. The number of likely N-dealkylation sites (N-methyl/N-ethyl adjacent to an activating group) is 1. The summed E-state index contributed by atoms with van der Waals surface area (Å²) in [6.07, 6.45) is 0. The summed E-state index contributed by atoms with van der Waals surface area (Å²) in [6.45, 7) is 3.97. The van der Waals surface area contributed by atoms with Gasteiger partial charge in [0.15, 0.2) is 0 Å². The molecule has 0 heterocycles. The molecule has 0 amide bonds. The normalized spacial score (nSPS) is 12.8. The Morgan fingerprint density at radius 1 is 0.821 bits per heavy atom. The number of hydrogen-bond donors (Lipinski definition) is 1. The fourth-order valence-electron chi connectivity index (χ4n) is 3.26. The molecular formula is C23H26N2O2S. The van der Waals surface area contributed by atoms with Gasteiger partial charge >= 0.3 is 0 Å². The van der Waals surface area contributed by atoms with E-state index in [0.717, 1.165) is 18.7 Å². The van der Waals surface area contributed by atoms with Crippen molar-refractivity contribution in [2.24, 2.45) is 0 Å². The monoisotopic (exact) mass is 394 g/mol. The summed E-state index contributed by atoms with van der Waals surface area (Å²) in [5, 5.41) is 0. The zero-order chi connectivity index (χ0) is 19.8. The maximum absolute atomic E-state index is 12.7. The van der Waals surface area contributed by atoms with E-state index in [9.17, 15) is 8.42 Å². The third-order valence-corrected chi connectivity index (χ3v) is 6.22. The molecule has 0 unspecified atom stereocenters. The number of sulfonamides is 1. The molecule has 0 aliphatic heterocycles. The van der Waals surface area contributed by atoms with Gasteiger partial charge in [-0.15, -0.1) is 0 Å². The van der Waals surface area contributed by atoms with Crippen LogP contribution in [0.15, 0.2) is 95.9 Å². The summed E-state index contributed by atoms with van der Waals surface area (Å²) in [4.78, 5) is 2.57. The van der Waals surface area contributed by atoms with Crippen molar-refractivity contribution in [3.63, 3.8) is 0 Å². The molecule has 3 rings (SSSR count). The zero-order valence-corrected chi connectivity index (χ0v) is 16.8. The molecule has 3 aromatic carbocycles. The van der Waals surface area contributed by atoms with Crippen LogP contribution >= 0.6 is 0 Å². The van der Waals surface area contributed by atoms with E-state index in [1.54, 1.807) is 24.3 Å². The highest BCUT2D eigenvalue weighted by Crippen LogP contribution is 2.23. The van der Waals surface area contributed by atoms with Crippen molar-refractivity contribution in [3.05, 3.63) is 102 Å². The number of rotatable bonds is 9. The third-order valence-electron chi connectivity index (χ3n) is 4.78. The van der Waals surface area contributed by atoms with E-state index in [4.69, 9.17) is 0 Å². The molecule has 0 aliphatic carbocycles. The average Bonchev–Trinajstić information content (AvgIpc) is 2.75. The molecule has 5 heteroatoms. The highest BCUT2D eigenvalue weighted by Gasteiger charge is 2.22. The van der Waals surface area contributed by atoms with E-state index in [0.29, 0.717) is 6.54 Å². The highest BCUT2D eigenvalue weighted by atomic mass is 32.2. The van der Waals surface area contributed by atoms with Gasteiger partial charge < -0.3 is 0 Å². The first-order valence-electron chi connectivity index (χ1n) is 9.48.